The molecule has 0 fully saturated rings. The standard InChI is InChI=1S/C19H28/c1-15-13-18(3,4)19(5,14-16(15)2)12-11-17-9-7-6-8-10-17/h6-10H,11-14H2,1-5H3. The molecule has 1 atom stereocenters. The Labute approximate surface area is 118 Å². The molecule has 0 spiro atoms. The number of hydrogen-bond acceptors (Lipinski definition) is 0. The van der Waals surface area contributed by atoms with Crippen LogP contribution >= 0.6 is 0 Å². The van der Waals surface area contributed by atoms with Crippen LogP contribution in [-0.4, -0.2) is 0 Å². The van der Waals surface area contributed by atoms with Crippen molar-refractivity contribution < 1.29 is 0 Å². The molecule has 0 saturated heterocycles. The monoisotopic (exact) mass is 256 g/mol. The Morgan fingerprint density at radius 3 is 2.11 bits per heavy atom. The minimum absolute atomic E-state index is 0.408. The lowest BCUT2D eigenvalue weighted by Crippen LogP contribution is -2.39. The summed E-state index contributed by atoms with van der Waals surface area (Å²) < 4.78 is 0. The van der Waals surface area contributed by atoms with E-state index in [4.69, 9.17) is 0 Å². The fourth-order valence-electron chi connectivity index (χ4n) is 3.49. The molecule has 0 radical (unpaired) electrons. The van der Waals surface area contributed by atoms with Crippen LogP contribution in [0.3, 0.4) is 0 Å². The minimum Gasteiger partial charge on any atom is -0.0738 e. The molecular formula is C19H28. The van der Waals surface area contributed by atoms with E-state index in [1.807, 2.05) is 0 Å². The quantitative estimate of drug-likeness (QED) is 0.601. The summed E-state index contributed by atoms with van der Waals surface area (Å²) in [6, 6.07) is 10.9. The van der Waals surface area contributed by atoms with Crippen molar-refractivity contribution >= 4 is 0 Å². The molecule has 0 aromatic heterocycles. The highest BCUT2D eigenvalue weighted by Gasteiger charge is 2.43. The highest BCUT2D eigenvalue weighted by molar-refractivity contribution is 5.21. The largest absolute Gasteiger partial charge is 0.0738 e. The Kier molecular flexibility index (Phi) is 3.90. The zero-order valence-corrected chi connectivity index (χ0v) is 13.2. The van der Waals surface area contributed by atoms with Gasteiger partial charge in [0.25, 0.3) is 0 Å². The maximum absolute atomic E-state index is 2.49. The fraction of sp³-hybridized carbons (Fsp3) is 0.579. The number of benzene rings is 1. The van der Waals surface area contributed by atoms with Gasteiger partial charge in [0, 0.05) is 0 Å². The normalized spacial score (nSPS) is 26.6. The Bertz CT molecular complexity index is 464. The van der Waals surface area contributed by atoms with Gasteiger partial charge in [-0.15, -0.1) is 0 Å². The van der Waals surface area contributed by atoms with Gasteiger partial charge in [-0.2, -0.15) is 0 Å². The summed E-state index contributed by atoms with van der Waals surface area (Å²) in [5.41, 5.74) is 5.54. The van der Waals surface area contributed by atoms with E-state index in [1.165, 1.54) is 31.2 Å². The van der Waals surface area contributed by atoms with Gasteiger partial charge in [-0.25, -0.2) is 0 Å². The molecule has 1 aliphatic rings. The van der Waals surface area contributed by atoms with Crippen molar-refractivity contribution in [1.82, 2.24) is 0 Å². The van der Waals surface area contributed by atoms with Crippen LogP contribution in [0.1, 0.15) is 59.4 Å². The third kappa shape index (κ3) is 2.94. The van der Waals surface area contributed by atoms with E-state index >= 15 is 0 Å². The van der Waals surface area contributed by atoms with Gasteiger partial charge in [0.2, 0.25) is 0 Å². The maximum atomic E-state index is 2.49. The van der Waals surface area contributed by atoms with E-state index in [-0.39, 0.29) is 0 Å². The molecule has 0 amide bonds. The van der Waals surface area contributed by atoms with E-state index in [1.54, 1.807) is 11.1 Å². The SMILES string of the molecule is CC1=C(C)CC(C)(CCc2ccccc2)C(C)(C)C1. The lowest BCUT2D eigenvalue weighted by Gasteiger charge is -2.49. The van der Waals surface area contributed by atoms with Crippen molar-refractivity contribution in [3.8, 4) is 0 Å². The first-order valence-electron chi connectivity index (χ1n) is 7.53. The molecule has 0 aliphatic heterocycles. The fourth-order valence-corrected chi connectivity index (χ4v) is 3.49. The highest BCUT2D eigenvalue weighted by Crippen LogP contribution is 2.54. The molecule has 0 nitrogen and oxygen atoms in total. The summed E-state index contributed by atoms with van der Waals surface area (Å²) in [7, 11) is 0. The van der Waals surface area contributed by atoms with Gasteiger partial charge in [0.15, 0.2) is 0 Å². The molecule has 1 aromatic rings. The van der Waals surface area contributed by atoms with Crippen LogP contribution in [0, 0.1) is 10.8 Å². The summed E-state index contributed by atoms with van der Waals surface area (Å²) in [6.45, 7) is 12.0. The van der Waals surface area contributed by atoms with Gasteiger partial charge < -0.3 is 0 Å². The third-order valence-electron chi connectivity index (χ3n) is 5.53. The van der Waals surface area contributed by atoms with Gasteiger partial charge in [0.05, 0.1) is 0 Å². The molecule has 1 aromatic carbocycles. The van der Waals surface area contributed by atoms with Crippen molar-refractivity contribution in [2.75, 3.05) is 0 Å². The van der Waals surface area contributed by atoms with Gasteiger partial charge >= 0.3 is 0 Å². The lowest BCUT2D eigenvalue weighted by molar-refractivity contribution is 0.0656. The number of allylic oxidation sites excluding steroid dienone is 2. The maximum Gasteiger partial charge on any atom is -0.0231 e. The van der Waals surface area contributed by atoms with E-state index in [0.717, 1.165) is 0 Å². The second-order valence-corrected chi connectivity index (χ2v) is 7.34. The molecule has 0 heteroatoms. The van der Waals surface area contributed by atoms with Crippen molar-refractivity contribution in [3.05, 3.63) is 47.0 Å². The van der Waals surface area contributed by atoms with E-state index < -0.39 is 0 Å². The number of rotatable bonds is 3. The molecule has 0 saturated carbocycles. The zero-order chi connectivity index (χ0) is 14.1. The van der Waals surface area contributed by atoms with Crippen molar-refractivity contribution in [2.24, 2.45) is 10.8 Å². The third-order valence-corrected chi connectivity index (χ3v) is 5.53. The predicted molar refractivity (Wildman–Crippen MR) is 84.3 cm³/mol. The second kappa shape index (κ2) is 5.15. The van der Waals surface area contributed by atoms with Crippen molar-refractivity contribution in [3.63, 3.8) is 0 Å². The lowest BCUT2D eigenvalue weighted by atomic mass is 9.56. The Morgan fingerprint density at radius 2 is 1.47 bits per heavy atom. The molecule has 2 rings (SSSR count). The summed E-state index contributed by atoms with van der Waals surface area (Å²) in [6.07, 6.45) is 5.00. The van der Waals surface area contributed by atoms with Crippen LogP contribution in [0.4, 0.5) is 0 Å². The van der Waals surface area contributed by atoms with Crippen LogP contribution in [0.25, 0.3) is 0 Å². The minimum atomic E-state index is 0.408. The van der Waals surface area contributed by atoms with Gasteiger partial charge in [-0.1, -0.05) is 62.2 Å². The van der Waals surface area contributed by atoms with Crippen LogP contribution in [-0.2, 0) is 6.42 Å². The van der Waals surface area contributed by atoms with Gasteiger partial charge in [-0.05, 0) is 55.9 Å². The summed E-state index contributed by atoms with van der Waals surface area (Å²) >= 11 is 0. The zero-order valence-electron chi connectivity index (χ0n) is 13.2. The first-order chi connectivity index (χ1) is 8.84. The summed E-state index contributed by atoms with van der Waals surface area (Å²) in [5, 5.41) is 0. The average molecular weight is 256 g/mol. The Balaban J connectivity index is 2.13. The topological polar surface area (TPSA) is 0 Å². The van der Waals surface area contributed by atoms with E-state index in [2.05, 4.69) is 65.0 Å². The molecule has 0 N–H and O–H groups in total. The Hall–Kier alpha value is -1.04. The van der Waals surface area contributed by atoms with E-state index in [9.17, 15) is 0 Å². The molecule has 1 unspecified atom stereocenters. The average Bonchev–Trinajstić information content (AvgIpc) is 2.35. The first kappa shape index (κ1) is 14.4. The molecule has 0 heterocycles. The Morgan fingerprint density at radius 1 is 0.895 bits per heavy atom. The van der Waals surface area contributed by atoms with Crippen LogP contribution in [0.2, 0.25) is 0 Å². The van der Waals surface area contributed by atoms with Crippen molar-refractivity contribution in [1.29, 1.82) is 0 Å². The van der Waals surface area contributed by atoms with Crippen LogP contribution in [0.15, 0.2) is 41.5 Å². The first-order valence-corrected chi connectivity index (χ1v) is 7.53. The molecule has 0 bridgehead atoms. The molecule has 19 heavy (non-hydrogen) atoms. The van der Waals surface area contributed by atoms with Crippen LogP contribution in [0.5, 0.6) is 0 Å². The number of hydrogen-bond donors (Lipinski definition) is 0. The van der Waals surface area contributed by atoms with Crippen LogP contribution < -0.4 is 0 Å². The van der Waals surface area contributed by atoms with Crippen molar-refractivity contribution in [2.45, 2.75) is 60.3 Å². The van der Waals surface area contributed by atoms with Gasteiger partial charge in [0.1, 0.15) is 0 Å². The molecule has 104 valence electrons. The van der Waals surface area contributed by atoms with Gasteiger partial charge in [-0.3, -0.25) is 0 Å². The molecular weight excluding hydrogens is 228 g/mol. The predicted octanol–water partition coefficient (Wildman–Crippen LogP) is 5.78. The van der Waals surface area contributed by atoms with E-state index in [0.29, 0.717) is 10.8 Å². The summed E-state index contributed by atoms with van der Waals surface area (Å²) in [4.78, 5) is 0. The summed E-state index contributed by atoms with van der Waals surface area (Å²) in [5.74, 6) is 0. The highest BCUT2D eigenvalue weighted by atomic mass is 14.5. The molecule has 1 aliphatic carbocycles. The smallest absolute Gasteiger partial charge is 0.0231 e. The second-order valence-electron chi connectivity index (χ2n) is 7.34. The number of aryl methyl sites for hydroxylation is 1.